The second-order valence-corrected chi connectivity index (χ2v) is 5.68. The molecule has 0 unspecified atom stereocenters. The molecular formula is C17H22N2O3. The molecule has 5 heteroatoms. The van der Waals surface area contributed by atoms with E-state index in [1.165, 1.54) is 0 Å². The summed E-state index contributed by atoms with van der Waals surface area (Å²) in [4.78, 5) is 14.4. The molecule has 118 valence electrons. The molecule has 1 atom stereocenters. The lowest BCUT2D eigenvalue weighted by molar-refractivity contribution is 0.171. The number of ether oxygens (including phenoxy) is 2. The van der Waals surface area contributed by atoms with Crippen LogP contribution in [0.15, 0.2) is 24.3 Å². The summed E-state index contributed by atoms with van der Waals surface area (Å²) in [5.41, 5.74) is 1.74. The normalized spacial score (nSPS) is 19.4. The van der Waals surface area contributed by atoms with E-state index in [0.29, 0.717) is 25.5 Å². The molecule has 22 heavy (non-hydrogen) atoms. The van der Waals surface area contributed by atoms with E-state index in [1.807, 2.05) is 24.0 Å². The van der Waals surface area contributed by atoms with Crippen LogP contribution >= 0.6 is 0 Å². The third kappa shape index (κ3) is 2.89. The number of fused-ring (bicyclic) bond motifs is 1. The van der Waals surface area contributed by atoms with Gasteiger partial charge in [-0.05, 0) is 25.0 Å². The van der Waals surface area contributed by atoms with E-state index < -0.39 is 0 Å². The van der Waals surface area contributed by atoms with Gasteiger partial charge in [-0.3, -0.25) is 0 Å². The SMILES string of the molecule is CCC[C@@H]1C=CCN1C(=O)Nc1cc2c(cc1C)OCCO2. The minimum absolute atomic E-state index is 0.0665. The fraction of sp³-hybridized carbons (Fsp3) is 0.471. The average Bonchev–Trinajstić information content (AvgIpc) is 2.97. The number of aryl methyl sites for hydroxylation is 1. The predicted molar refractivity (Wildman–Crippen MR) is 85.7 cm³/mol. The molecule has 1 N–H and O–H groups in total. The van der Waals surface area contributed by atoms with Gasteiger partial charge in [0.25, 0.3) is 0 Å². The molecule has 0 saturated heterocycles. The zero-order valence-electron chi connectivity index (χ0n) is 13.1. The van der Waals surface area contributed by atoms with E-state index in [-0.39, 0.29) is 12.1 Å². The van der Waals surface area contributed by atoms with Crippen molar-refractivity contribution in [1.29, 1.82) is 0 Å². The minimum atomic E-state index is -0.0665. The summed E-state index contributed by atoms with van der Waals surface area (Å²) in [5, 5.41) is 3.00. The van der Waals surface area contributed by atoms with E-state index in [0.717, 1.165) is 29.8 Å². The van der Waals surface area contributed by atoms with Crippen molar-refractivity contribution in [3.63, 3.8) is 0 Å². The van der Waals surface area contributed by atoms with Gasteiger partial charge in [-0.15, -0.1) is 0 Å². The van der Waals surface area contributed by atoms with Crippen LogP contribution in [0.4, 0.5) is 10.5 Å². The highest BCUT2D eigenvalue weighted by atomic mass is 16.6. The maximum Gasteiger partial charge on any atom is 0.322 e. The predicted octanol–water partition coefficient (Wildman–Crippen LogP) is 3.34. The van der Waals surface area contributed by atoms with E-state index in [9.17, 15) is 4.79 Å². The maximum atomic E-state index is 12.5. The third-order valence-electron chi connectivity index (χ3n) is 4.04. The van der Waals surface area contributed by atoms with Crippen LogP contribution in [0.5, 0.6) is 11.5 Å². The van der Waals surface area contributed by atoms with Gasteiger partial charge in [-0.1, -0.05) is 25.5 Å². The van der Waals surface area contributed by atoms with Gasteiger partial charge < -0.3 is 19.7 Å². The molecular weight excluding hydrogens is 280 g/mol. The fourth-order valence-corrected chi connectivity index (χ4v) is 2.86. The number of carbonyl (C=O) groups excluding carboxylic acids is 1. The maximum absolute atomic E-state index is 12.5. The molecule has 5 nitrogen and oxygen atoms in total. The van der Waals surface area contributed by atoms with Crippen molar-refractivity contribution in [2.45, 2.75) is 32.7 Å². The summed E-state index contributed by atoms with van der Waals surface area (Å²) in [6.07, 6.45) is 6.21. The van der Waals surface area contributed by atoms with Crippen LogP contribution in [0.3, 0.4) is 0 Å². The first-order valence-electron chi connectivity index (χ1n) is 7.83. The summed E-state index contributed by atoms with van der Waals surface area (Å²) >= 11 is 0. The van der Waals surface area contributed by atoms with E-state index in [2.05, 4.69) is 24.4 Å². The Hall–Kier alpha value is -2.17. The highest BCUT2D eigenvalue weighted by Gasteiger charge is 2.25. The van der Waals surface area contributed by atoms with Crippen LogP contribution in [0.2, 0.25) is 0 Å². The average molecular weight is 302 g/mol. The summed E-state index contributed by atoms with van der Waals surface area (Å²) < 4.78 is 11.1. The summed E-state index contributed by atoms with van der Waals surface area (Å²) in [7, 11) is 0. The lowest BCUT2D eigenvalue weighted by Crippen LogP contribution is -2.39. The van der Waals surface area contributed by atoms with Gasteiger partial charge in [0.05, 0.1) is 6.04 Å². The van der Waals surface area contributed by atoms with Crippen LogP contribution < -0.4 is 14.8 Å². The largest absolute Gasteiger partial charge is 0.486 e. The highest BCUT2D eigenvalue weighted by molar-refractivity contribution is 5.91. The third-order valence-corrected chi connectivity index (χ3v) is 4.04. The number of benzene rings is 1. The number of amides is 2. The summed E-state index contributed by atoms with van der Waals surface area (Å²) in [6, 6.07) is 3.89. The molecule has 0 bridgehead atoms. The van der Waals surface area contributed by atoms with Gasteiger partial charge in [0.2, 0.25) is 0 Å². The van der Waals surface area contributed by atoms with Crippen molar-refractivity contribution in [1.82, 2.24) is 4.90 Å². The van der Waals surface area contributed by atoms with Crippen LogP contribution in [0.25, 0.3) is 0 Å². The molecule has 2 heterocycles. The van der Waals surface area contributed by atoms with E-state index >= 15 is 0 Å². The molecule has 0 radical (unpaired) electrons. The Balaban J connectivity index is 1.74. The first-order valence-corrected chi connectivity index (χ1v) is 7.83. The molecule has 1 aromatic rings. The van der Waals surface area contributed by atoms with Crippen LogP contribution in [0.1, 0.15) is 25.3 Å². The Bertz CT molecular complexity index is 598. The number of rotatable bonds is 3. The van der Waals surface area contributed by atoms with Crippen molar-refractivity contribution >= 4 is 11.7 Å². The van der Waals surface area contributed by atoms with Crippen molar-refractivity contribution < 1.29 is 14.3 Å². The molecule has 2 amide bonds. The lowest BCUT2D eigenvalue weighted by atomic mass is 10.1. The molecule has 3 rings (SSSR count). The second-order valence-electron chi connectivity index (χ2n) is 5.68. The van der Waals surface area contributed by atoms with Gasteiger partial charge >= 0.3 is 6.03 Å². The van der Waals surface area contributed by atoms with Crippen molar-refractivity contribution in [3.8, 4) is 11.5 Å². The van der Waals surface area contributed by atoms with E-state index in [4.69, 9.17) is 9.47 Å². The molecule has 0 fully saturated rings. The monoisotopic (exact) mass is 302 g/mol. The first-order chi connectivity index (χ1) is 10.7. The standard InChI is InChI=1S/C17H22N2O3/c1-3-5-13-6-4-7-19(13)17(20)18-14-11-16-15(10-12(14)2)21-8-9-22-16/h4,6,10-11,13H,3,5,7-9H2,1-2H3,(H,18,20)/t13-/m1/s1. The Morgan fingerprint density at radius 1 is 1.32 bits per heavy atom. The molecule has 2 aliphatic heterocycles. The van der Waals surface area contributed by atoms with Gasteiger partial charge in [-0.2, -0.15) is 0 Å². The molecule has 0 spiro atoms. The molecule has 0 aromatic heterocycles. The number of carbonyl (C=O) groups is 1. The number of nitrogens with one attached hydrogen (secondary N) is 1. The number of urea groups is 1. The number of nitrogens with zero attached hydrogens (tertiary/aromatic N) is 1. The van der Waals surface area contributed by atoms with Crippen molar-refractivity contribution in [2.75, 3.05) is 25.1 Å². The number of anilines is 1. The lowest BCUT2D eigenvalue weighted by Gasteiger charge is -2.26. The second kappa shape index (κ2) is 6.30. The van der Waals surface area contributed by atoms with Crippen LogP contribution in [0, 0.1) is 6.92 Å². The Morgan fingerprint density at radius 3 is 2.77 bits per heavy atom. The zero-order valence-corrected chi connectivity index (χ0v) is 13.1. The van der Waals surface area contributed by atoms with Gasteiger partial charge in [0.15, 0.2) is 11.5 Å². The van der Waals surface area contributed by atoms with Gasteiger partial charge in [0, 0.05) is 18.3 Å². The van der Waals surface area contributed by atoms with Gasteiger partial charge in [-0.25, -0.2) is 4.79 Å². The van der Waals surface area contributed by atoms with Gasteiger partial charge in [0.1, 0.15) is 13.2 Å². The Kier molecular flexibility index (Phi) is 4.22. The van der Waals surface area contributed by atoms with Crippen LogP contribution in [-0.2, 0) is 0 Å². The fourth-order valence-electron chi connectivity index (χ4n) is 2.86. The van der Waals surface area contributed by atoms with E-state index in [1.54, 1.807) is 0 Å². The zero-order chi connectivity index (χ0) is 15.5. The number of hydrogen-bond donors (Lipinski definition) is 1. The topological polar surface area (TPSA) is 50.8 Å². The van der Waals surface area contributed by atoms with Crippen molar-refractivity contribution in [2.24, 2.45) is 0 Å². The molecule has 2 aliphatic rings. The molecule has 1 aromatic carbocycles. The Labute approximate surface area is 130 Å². The van der Waals surface area contributed by atoms with Crippen LogP contribution in [-0.4, -0.2) is 36.7 Å². The minimum Gasteiger partial charge on any atom is -0.486 e. The Morgan fingerprint density at radius 2 is 2.05 bits per heavy atom. The first kappa shape index (κ1) is 14.8. The quantitative estimate of drug-likeness (QED) is 0.871. The van der Waals surface area contributed by atoms with Crippen molar-refractivity contribution in [3.05, 3.63) is 29.8 Å². The highest BCUT2D eigenvalue weighted by Crippen LogP contribution is 2.35. The summed E-state index contributed by atoms with van der Waals surface area (Å²) in [6.45, 7) is 5.86. The molecule has 0 aliphatic carbocycles. The smallest absolute Gasteiger partial charge is 0.322 e. The number of hydrogen-bond acceptors (Lipinski definition) is 3. The summed E-state index contributed by atoms with van der Waals surface area (Å²) in [5.74, 6) is 1.44. The molecule has 0 saturated carbocycles.